The summed E-state index contributed by atoms with van der Waals surface area (Å²) in [6.07, 6.45) is 6.94. The average molecular weight is 240 g/mol. The number of Topliss-reactive ketones (excluding diaryl/α,β-unsaturated/α-hetero) is 1. The molecule has 2 aromatic heterocycles. The van der Waals surface area contributed by atoms with Crippen molar-refractivity contribution < 1.29 is 4.79 Å². The first kappa shape index (κ1) is 10.7. The van der Waals surface area contributed by atoms with Crippen LogP contribution in [0, 0.1) is 0 Å². The maximum atomic E-state index is 11.7. The second-order valence-electron chi connectivity index (χ2n) is 4.08. The van der Waals surface area contributed by atoms with Crippen LogP contribution in [0.5, 0.6) is 0 Å². The third-order valence-electron chi connectivity index (χ3n) is 2.83. The van der Waals surface area contributed by atoms with Crippen molar-refractivity contribution in [3.63, 3.8) is 0 Å². The standard InChI is InChI=1S/C13H12N4O/c18-13-9-16(11-3-1-5-14-7-11)17(10-13)12-4-2-6-15-8-12/h1-8H,9-10H2. The molecule has 1 fully saturated rings. The molecule has 3 heterocycles. The molecular formula is C13H12N4O. The average Bonchev–Trinajstić information content (AvgIpc) is 2.83. The van der Waals surface area contributed by atoms with E-state index in [0.29, 0.717) is 13.1 Å². The Morgan fingerprint density at radius 3 is 1.78 bits per heavy atom. The molecular weight excluding hydrogens is 228 g/mol. The number of anilines is 2. The largest absolute Gasteiger partial charge is 0.296 e. The van der Waals surface area contributed by atoms with Gasteiger partial charge in [0.05, 0.1) is 23.8 Å². The molecule has 0 saturated carbocycles. The highest BCUT2D eigenvalue weighted by Crippen LogP contribution is 2.24. The molecule has 0 bridgehead atoms. The SMILES string of the molecule is O=C1CN(c2cccnc2)N(c2cccnc2)C1. The van der Waals surface area contributed by atoms with Gasteiger partial charge in [0.2, 0.25) is 0 Å². The zero-order valence-electron chi connectivity index (χ0n) is 9.73. The lowest BCUT2D eigenvalue weighted by Gasteiger charge is -2.29. The van der Waals surface area contributed by atoms with Gasteiger partial charge in [-0.2, -0.15) is 0 Å². The minimum Gasteiger partial charge on any atom is -0.296 e. The fourth-order valence-corrected chi connectivity index (χ4v) is 2.03. The molecule has 90 valence electrons. The van der Waals surface area contributed by atoms with E-state index >= 15 is 0 Å². The van der Waals surface area contributed by atoms with E-state index in [-0.39, 0.29) is 5.78 Å². The van der Waals surface area contributed by atoms with Crippen molar-refractivity contribution in [2.45, 2.75) is 0 Å². The summed E-state index contributed by atoms with van der Waals surface area (Å²) in [6, 6.07) is 7.60. The number of aromatic nitrogens is 2. The quantitative estimate of drug-likeness (QED) is 0.791. The second-order valence-corrected chi connectivity index (χ2v) is 4.08. The van der Waals surface area contributed by atoms with Gasteiger partial charge in [0.1, 0.15) is 13.1 Å². The lowest BCUT2D eigenvalue weighted by molar-refractivity contribution is -0.115. The van der Waals surface area contributed by atoms with Crippen LogP contribution in [0.2, 0.25) is 0 Å². The lowest BCUT2D eigenvalue weighted by atomic mass is 10.4. The number of hydrogen-bond donors (Lipinski definition) is 0. The molecule has 0 aromatic carbocycles. The molecule has 2 aromatic rings. The first-order valence-electron chi connectivity index (χ1n) is 5.71. The van der Waals surface area contributed by atoms with Crippen LogP contribution in [0.3, 0.4) is 0 Å². The van der Waals surface area contributed by atoms with Crippen LogP contribution < -0.4 is 10.0 Å². The van der Waals surface area contributed by atoms with Crippen LogP contribution in [0.4, 0.5) is 11.4 Å². The Bertz CT molecular complexity index is 494. The molecule has 18 heavy (non-hydrogen) atoms. The summed E-state index contributed by atoms with van der Waals surface area (Å²) < 4.78 is 0. The van der Waals surface area contributed by atoms with Crippen molar-refractivity contribution in [1.82, 2.24) is 9.97 Å². The van der Waals surface area contributed by atoms with E-state index < -0.39 is 0 Å². The number of rotatable bonds is 2. The van der Waals surface area contributed by atoms with E-state index in [1.165, 1.54) is 0 Å². The van der Waals surface area contributed by atoms with Crippen molar-refractivity contribution in [3.05, 3.63) is 49.1 Å². The molecule has 1 aliphatic rings. The first-order valence-corrected chi connectivity index (χ1v) is 5.71. The Labute approximate surface area is 105 Å². The van der Waals surface area contributed by atoms with Gasteiger partial charge >= 0.3 is 0 Å². The summed E-state index contributed by atoms with van der Waals surface area (Å²) in [5.74, 6) is 0.183. The van der Waals surface area contributed by atoms with E-state index in [4.69, 9.17) is 0 Å². The van der Waals surface area contributed by atoms with Gasteiger partial charge in [-0.15, -0.1) is 0 Å². The van der Waals surface area contributed by atoms with Crippen molar-refractivity contribution in [2.75, 3.05) is 23.1 Å². The predicted octanol–water partition coefficient (Wildman–Crippen LogP) is 1.29. The van der Waals surface area contributed by atoms with E-state index in [1.54, 1.807) is 24.8 Å². The number of hydrazine groups is 1. The summed E-state index contributed by atoms with van der Waals surface area (Å²) >= 11 is 0. The number of pyridine rings is 2. The molecule has 5 heteroatoms. The minimum absolute atomic E-state index is 0.183. The van der Waals surface area contributed by atoms with Gasteiger partial charge in [-0.25, -0.2) is 0 Å². The van der Waals surface area contributed by atoms with E-state index in [2.05, 4.69) is 9.97 Å². The molecule has 5 nitrogen and oxygen atoms in total. The molecule has 0 radical (unpaired) electrons. The minimum atomic E-state index is 0.183. The number of nitrogens with zero attached hydrogens (tertiary/aromatic N) is 4. The highest BCUT2D eigenvalue weighted by Gasteiger charge is 2.29. The van der Waals surface area contributed by atoms with Gasteiger partial charge < -0.3 is 0 Å². The smallest absolute Gasteiger partial charge is 0.175 e. The number of carbonyl (C=O) groups excluding carboxylic acids is 1. The van der Waals surface area contributed by atoms with Crippen LogP contribution >= 0.6 is 0 Å². The third-order valence-corrected chi connectivity index (χ3v) is 2.83. The van der Waals surface area contributed by atoms with E-state index in [0.717, 1.165) is 11.4 Å². The van der Waals surface area contributed by atoms with Crippen molar-refractivity contribution in [1.29, 1.82) is 0 Å². The van der Waals surface area contributed by atoms with Crippen molar-refractivity contribution in [3.8, 4) is 0 Å². The van der Waals surface area contributed by atoms with Crippen LogP contribution in [0.25, 0.3) is 0 Å². The highest BCUT2D eigenvalue weighted by molar-refractivity contribution is 5.93. The van der Waals surface area contributed by atoms with Crippen molar-refractivity contribution in [2.24, 2.45) is 0 Å². The summed E-state index contributed by atoms with van der Waals surface area (Å²) in [7, 11) is 0. The summed E-state index contributed by atoms with van der Waals surface area (Å²) in [4.78, 5) is 19.9. The van der Waals surface area contributed by atoms with Gasteiger partial charge in [-0.05, 0) is 24.3 Å². The third kappa shape index (κ3) is 1.90. The molecule has 0 amide bonds. The molecule has 3 rings (SSSR count). The van der Waals surface area contributed by atoms with Gasteiger partial charge in [-0.3, -0.25) is 24.8 Å². The van der Waals surface area contributed by atoms with Crippen LogP contribution in [-0.2, 0) is 4.79 Å². The topological polar surface area (TPSA) is 49.3 Å². The summed E-state index contributed by atoms with van der Waals surface area (Å²) in [5, 5.41) is 3.85. The summed E-state index contributed by atoms with van der Waals surface area (Å²) in [5.41, 5.74) is 1.82. The molecule has 0 spiro atoms. The maximum Gasteiger partial charge on any atom is 0.175 e. The molecule has 0 N–H and O–H groups in total. The van der Waals surface area contributed by atoms with E-state index in [9.17, 15) is 4.79 Å². The van der Waals surface area contributed by atoms with Crippen LogP contribution in [-0.4, -0.2) is 28.8 Å². The fraction of sp³-hybridized carbons (Fsp3) is 0.154. The molecule has 1 aliphatic heterocycles. The van der Waals surface area contributed by atoms with Crippen molar-refractivity contribution >= 4 is 17.2 Å². The summed E-state index contributed by atoms with van der Waals surface area (Å²) in [6.45, 7) is 0.751. The normalized spacial score (nSPS) is 15.2. The number of hydrogen-bond acceptors (Lipinski definition) is 5. The molecule has 0 atom stereocenters. The van der Waals surface area contributed by atoms with Gasteiger partial charge in [0.25, 0.3) is 0 Å². The first-order chi connectivity index (χ1) is 8.84. The van der Waals surface area contributed by atoms with Gasteiger partial charge in [0, 0.05) is 12.4 Å². The van der Waals surface area contributed by atoms with Crippen LogP contribution in [0.1, 0.15) is 0 Å². The second kappa shape index (κ2) is 4.44. The lowest BCUT2D eigenvalue weighted by Crippen LogP contribution is -2.36. The fourth-order valence-electron chi connectivity index (χ4n) is 2.03. The number of ketones is 1. The molecule has 1 saturated heterocycles. The highest BCUT2D eigenvalue weighted by atomic mass is 16.1. The van der Waals surface area contributed by atoms with E-state index in [1.807, 2.05) is 34.3 Å². The van der Waals surface area contributed by atoms with Gasteiger partial charge in [0.15, 0.2) is 5.78 Å². The Balaban J connectivity index is 1.96. The molecule has 0 aliphatic carbocycles. The maximum absolute atomic E-state index is 11.7. The Hall–Kier alpha value is -2.43. The van der Waals surface area contributed by atoms with Crippen LogP contribution in [0.15, 0.2) is 49.1 Å². The Kier molecular flexibility index (Phi) is 2.64. The predicted molar refractivity (Wildman–Crippen MR) is 68.2 cm³/mol. The van der Waals surface area contributed by atoms with Gasteiger partial charge in [-0.1, -0.05) is 0 Å². The number of carbonyl (C=O) groups is 1. The Morgan fingerprint density at radius 2 is 1.39 bits per heavy atom. The zero-order valence-corrected chi connectivity index (χ0v) is 9.73. The zero-order chi connectivity index (χ0) is 12.4. The monoisotopic (exact) mass is 240 g/mol. The molecule has 0 unspecified atom stereocenters. The Morgan fingerprint density at radius 1 is 0.889 bits per heavy atom.